The van der Waals surface area contributed by atoms with Crippen LogP contribution >= 0.6 is 0 Å². The second-order valence-electron chi connectivity index (χ2n) is 5.88. The molecule has 0 saturated heterocycles. The summed E-state index contributed by atoms with van der Waals surface area (Å²) >= 11 is 0. The number of fused-ring (bicyclic) bond motifs is 1. The normalized spacial score (nSPS) is 16.0. The highest BCUT2D eigenvalue weighted by atomic mass is 16.5. The van der Waals surface area contributed by atoms with Gasteiger partial charge in [0, 0.05) is 0 Å². The van der Waals surface area contributed by atoms with Crippen LogP contribution in [0.4, 0.5) is 0 Å². The van der Waals surface area contributed by atoms with E-state index in [-0.39, 0.29) is 6.04 Å². The Hall–Kier alpha value is -2.40. The molecule has 1 N–H and O–H groups in total. The monoisotopic (exact) mass is 343 g/mol. The van der Waals surface area contributed by atoms with Gasteiger partial charge in [-0.25, -0.2) is 0 Å². The zero-order valence-electron chi connectivity index (χ0n) is 15.0. The van der Waals surface area contributed by atoms with E-state index < -0.39 is 0 Å². The van der Waals surface area contributed by atoms with Crippen molar-refractivity contribution in [2.24, 2.45) is 0 Å². The summed E-state index contributed by atoms with van der Waals surface area (Å²) in [5.74, 6) is 3.20. The molecular formula is C20H25NO4. The maximum absolute atomic E-state index is 5.98. The third kappa shape index (κ3) is 3.99. The van der Waals surface area contributed by atoms with Crippen molar-refractivity contribution in [3.05, 3.63) is 47.5 Å². The molecular weight excluding hydrogens is 318 g/mol. The first-order valence-corrected chi connectivity index (χ1v) is 8.59. The van der Waals surface area contributed by atoms with Gasteiger partial charge < -0.3 is 24.3 Å². The number of hydrogen-bond donors (Lipinski definition) is 1. The minimum atomic E-state index is 0.120. The Morgan fingerprint density at radius 2 is 1.60 bits per heavy atom. The van der Waals surface area contributed by atoms with Crippen molar-refractivity contribution in [3.8, 4) is 23.0 Å². The maximum atomic E-state index is 5.98. The van der Waals surface area contributed by atoms with Crippen molar-refractivity contribution in [2.45, 2.75) is 19.4 Å². The lowest BCUT2D eigenvalue weighted by Crippen LogP contribution is -2.33. The molecule has 0 aromatic heterocycles. The van der Waals surface area contributed by atoms with Gasteiger partial charge in [-0.05, 0) is 67.4 Å². The van der Waals surface area contributed by atoms with E-state index >= 15 is 0 Å². The van der Waals surface area contributed by atoms with Crippen LogP contribution in [-0.2, 0) is 6.42 Å². The average Bonchev–Trinajstić information content (AvgIpc) is 2.66. The molecule has 3 rings (SSSR count). The van der Waals surface area contributed by atoms with E-state index in [4.69, 9.17) is 18.9 Å². The highest BCUT2D eigenvalue weighted by molar-refractivity contribution is 5.49. The molecule has 5 nitrogen and oxygen atoms in total. The van der Waals surface area contributed by atoms with Crippen molar-refractivity contribution < 1.29 is 18.9 Å². The Bertz CT molecular complexity index is 700. The van der Waals surface area contributed by atoms with Gasteiger partial charge in [-0.15, -0.1) is 0 Å². The molecule has 1 atom stereocenters. The summed E-state index contributed by atoms with van der Waals surface area (Å²) in [4.78, 5) is 0. The molecule has 0 fully saturated rings. The highest BCUT2D eigenvalue weighted by Crippen LogP contribution is 2.35. The minimum absolute atomic E-state index is 0.120. The van der Waals surface area contributed by atoms with Crippen molar-refractivity contribution in [3.63, 3.8) is 0 Å². The minimum Gasteiger partial charge on any atom is -0.494 e. The van der Waals surface area contributed by atoms with Crippen molar-refractivity contribution in [2.75, 3.05) is 34.0 Å². The summed E-state index contributed by atoms with van der Waals surface area (Å²) in [7, 11) is 3.32. The van der Waals surface area contributed by atoms with Crippen molar-refractivity contribution in [1.82, 2.24) is 5.32 Å². The lowest BCUT2D eigenvalue weighted by Gasteiger charge is -2.28. The molecule has 25 heavy (non-hydrogen) atoms. The predicted octanol–water partition coefficient (Wildman–Crippen LogP) is 3.37. The molecule has 0 bridgehead atoms. The molecule has 134 valence electrons. The number of ether oxygens (including phenoxy) is 4. The quantitative estimate of drug-likeness (QED) is 0.835. The Kier molecular flexibility index (Phi) is 5.66. The molecule has 5 heteroatoms. The summed E-state index contributed by atoms with van der Waals surface area (Å²) < 4.78 is 22.3. The van der Waals surface area contributed by atoms with E-state index in [0.717, 1.165) is 36.0 Å². The lowest BCUT2D eigenvalue weighted by atomic mass is 9.94. The first-order valence-electron chi connectivity index (χ1n) is 8.59. The molecule has 0 saturated carbocycles. The van der Waals surface area contributed by atoms with Crippen molar-refractivity contribution >= 4 is 0 Å². The van der Waals surface area contributed by atoms with Gasteiger partial charge in [0.05, 0.1) is 26.9 Å². The van der Waals surface area contributed by atoms with Gasteiger partial charge in [-0.2, -0.15) is 0 Å². The number of benzene rings is 2. The summed E-state index contributed by atoms with van der Waals surface area (Å²) in [5.41, 5.74) is 2.48. The van der Waals surface area contributed by atoms with Gasteiger partial charge in [0.1, 0.15) is 18.1 Å². The molecule has 0 amide bonds. The number of nitrogens with one attached hydrogen (secondary N) is 1. The maximum Gasteiger partial charge on any atom is 0.161 e. The Morgan fingerprint density at radius 3 is 2.24 bits per heavy atom. The van der Waals surface area contributed by atoms with Gasteiger partial charge in [-0.3, -0.25) is 0 Å². The first-order chi connectivity index (χ1) is 12.2. The fourth-order valence-electron chi connectivity index (χ4n) is 3.10. The van der Waals surface area contributed by atoms with Crippen LogP contribution in [0.15, 0.2) is 36.4 Å². The summed E-state index contributed by atoms with van der Waals surface area (Å²) in [6, 6.07) is 12.0. The van der Waals surface area contributed by atoms with Crippen LogP contribution in [-0.4, -0.2) is 34.0 Å². The number of methoxy groups -OCH3 is 2. The SMILES string of the molecule is CCOc1ccc(OCC2NCCc3cc(OC)c(OC)cc32)cc1. The number of hydrogen-bond acceptors (Lipinski definition) is 5. The molecule has 0 radical (unpaired) electrons. The molecule has 1 heterocycles. The van der Waals surface area contributed by atoms with Crippen LogP contribution in [0.3, 0.4) is 0 Å². The second kappa shape index (κ2) is 8.12. The van der Waals surface area contributed by atoms with E-state index in [1.807, 2.05) is 37.3 Å². The second-order valence-corrected chi connectivity index (χ2v) is 5.88. The van der Waals surface area contributed by atoms with Gasteiger partial charge in [0.25, 0.3) is 0 Å². The molecule has 0 aliphatic carbocycles. The average molecular weight is 343 g/mol. The van der Waals surface area contributed by atoms with Gasteiger partial charge in [0.15, 0.2) is 11.5 Å². The van der Waals surface area contributed by atoms with E-state index in [0.29, 0.717) is 13.2 Å². The van der Waals surface area contributed by atoms with Gasteiger partial charge >= 0.3 is 0 Å². The van der Waals surface area contributed by atoms with E-state index in [1.54, 1.807) is 14.2 Å². The van der Waals surface area contributed by atoms with Crippen LogP contribution < -0.4 is 24.3 Å². The van der Waals surface area contributed by atoms with E-state index in [2.05, 4.69) is 11.4 Å². The fraction of sp³-hybridized carbons (Fsp3) is 0.400. The van der Waals surface area contributed by atoms with E-state index in [9.17, 15) is 0 Å². The standard InChI is InChI=1S/C20H25NO4/c1-4-24-15-5-7-16(8-6-15)25-13-18-17-12-20(23-3)19(22-2)11-14(17)9-10-21-18/h5-8,11-12,18,21H,4,9-10,13H2,1-3H3. The lowest BCUT2D eigenvalue weighted by molar-refractivity contribution is 0.259. The fourth-order valence-corrected chi connectivity index (χ4v) is 3.10. The highest BCUT2D eigenvalue weighted by Gasteiger charge is 2.23. The zero-order chi connectivity index (χ0) is 17.6. The summed E-state index contributed by atoms with van der Waals surface area (Å²) in [6.07, 6.45) is 0.968. The third-order valence-corrected chi connectivity index (χ3v) is 4.36. The van der Waals surface area contributed by atoms with Crippen LogP contribution in [0, 0.1) is 0 Å². The van der Waals surface area contributed by atoms with Crippen molar-refractivity contribution in [1.29, 1.82) is 0 Å². The first kappa shape index (κ1) is 17.4. The van der Waals surface area contributed by atoms with Crippen LogP contribution in [0.5, 0.6) is 23.0 Å². The van der Waals surface area contributed by atoms with Gasteiger partial charge in [-0.1, -0.05) is 0 Å². The van der Waals surface area contributed by atoms with Crippen LogP contribution in [0.25, 0.3) is 0 Å². The third-order valence-electron chi connectivity index (χ3n) is 4.36. The molecule has 1 aliphatic rings. The smallest absolute Gasteiger partial charge is 0.161 e. The largest absolute Gasteiger partial charge is 0.494 e. The molecule has 1 aliphatic heterocycles. The molecule has 2 aromatic rings. The van der Waals surface area contributed by atoms with E-state index in [1.165, 1.54) is 11.1 Å². The van der Waals surface area contributed by atoms with Crippen LogP contribution in [0.2, 0.25) is 0 Å². The summed E-state index contributed by atoms with van der Waals surface area (Å²) in [6.45, 7) is 4.10. The Balaban J connectivity index is 1.72. The number of rotatable bonds is 7. The molecule has 0 spiro atoms. The molecule has 1 unspecified atom stereocenters. The van der Waals surface area contributed by atoms with Gasteiger partial charge in [0.2, 0.25) is 0 Å². The van der Waals surface area contributed by atoms with Crippen LogP contribution in [0.1, 0.15) is 24.1 Å². The topological polar surface area (TPSA) is 49.0 Å². The summed E-state index contributed by atoms with van der Waals surface area (Å²) in [5, 5.41) is 3.52. The Labute approximate surface area is 148 Å². The Morgan fingerprint density at radius 1 is 0.960 bits per heavy atom. The molecule has 2 aromatic carbocycles. The zero-order valence-corrected chi connectivity index (χ0v) is 15.0. The predicted molar refractivity (Wildman–Crippen MR) is 97.1 cm³/mol.